The minimum absolute atomic E-state index is 0.197. The number of hydrogen-bond donors (Lipinski definition) is 0. The summed E-state index contributed by atoms with van der Waals surface area (Å²) in [5.74, 6) is 0.197. The van der Waals surface area contributed by atoms with Crippen LogP contribution in [0.3, 0.4) is 0 Å². The molecule has 1 aromatic rings. The molecule has 3 rings (SSSR count). The number of ether oxygens (including phenoxy) is 1. The largest absolute Gasteiger partial charge is 0.381 e. The van der Waals surface area contributed by atoms with E-state index in [2.05, 4.69) is 0 Å². The van der Waals surface area contributed by atoms with Crippen molar-refractivity contribution in [3.8, 4) is 0 Å². The molecule has 1 saturated heterocycles. The molecule has 0 atom stereocenters. The Balaban J connectivity index is 1.83. The summed E-state index contributed by atoms with van der Waals surface area (Å²) in [5.41, 5.74) is 2.05. The third-order valence-electron chi connectivity index (χ3n) is 3.48. The normalized spacial score (nSPS) is 21.2. The third-order valence-corrected chi connectivity index (χ3v) is 3.48. The van der Waals surface area contributed by atoms with E-state index in [1.165, 1.54) is 5.56 Å². The van der Waals surface area contributed by atoms with Crippen molar-refractivity contribution >= 4 is 5.91 Å². The molecule has 0 radical (unpaired) electrons. The first-order chi connectivity index (χ1) is 7.86. The second kappa shape index (κ2) is 3.91. The standard InChI is InChI=1S/C13H15NO2/c15-13-12-4-2-1-3-10(12)9-14(13)11-5-7-16-8-6-11/h1-4,11H,5-9H2. The van der Waals surface area contributed by atoms with Gasteiger partial charge in [-0.2, -0.15) is 0 Å². The van der Waals surface area contributed by atoms with Crippen LogP contribution in [0.2, 0.25) is 0 Å². The molecule has 0 bridgehead atoms. The Hall–Kier alpha value is -1.35. The number of amides is 1. The summed E-state index contributed by atoms with van der Waals surface area (Å²) < 4.78 is 5.33. The van der Waals surface area contributed by atoms with Crippen LogP contribution in [-0.2, 0) is 11.3 Å². The van der Waals surface area contributed by atoms with Crippen molar-refractivity contribution in [2.24, 2.45) is 0 Å². The average Bonchev–Trinajstić information content (AvgIpc) is 2.69. The molecule has 1 aromatic carbocycles. The average molecular weight is 217 g/mol. The molecule has 16 heavy (non-hydrogen) atoms. The number of rotatable bonds is 1. The number of carbonyl (C=O) groups is 1. The Morgan fingerprint density at radius 1 is 1.19 bits per heavy atom. The summed E-state index contributed by atoms with van der Waals surface area (Å²) >= 11 is 0. The van der Waals surface area contributed by atoms with Gasteiger partial charge in [-0.1, -0.05) is 18.2 Å². The summed E-state index contributed by atoms with van der Waals surface area (Å²) in [4.78, 5) is 14.2. The van der Waals surface area contributed by atoms with Gasteiger partial charge in [-0.3, -0.25) is 4.79 Å². The van der Waals surface area contributed by atoms with Crippen LogP contribution in [0, 0.1) is 0 Å². The maximum absolute atomic E-state index is 12.2. The first-order valence-corrected chi connectivity index (χ1v) is 5.83. The Bertz CT molecular complexity index is 410. The number of carbonyl (C=O) groups excluding carboxylic acids is 1. The van der Waals surface area contributed by atoms with Gasteiger partial charge in [0.15, 0.2) is 0 Å². The lowest BCUT2D eigenvalue weighted by Crippen LogP contribution is -2.39. The topological polar surface area (TPSA) is 29.5 Å². The predicted octanol–water partition coefficient (Wildman–Crippen LogP) is 1.82. The minimum Gasteiger partial charge on any atom is -0.381 e. The van der Waals surface area contributed by atoms with E-state index in [0.717, 1.165) is 38.2 Å². The molecular weight excluding hydrogens is 202 g/mol. The van der Waals surface area contributed by atoms with Gasteiger partial charge >= 0.3 is 0 Å². The van der Waals surface area contributed by atoms with E-state index in [1.54, 1.807) is 0 Å². The Kier molecular flexibility index (Phi) is 2.40. The molecule has 0 aromatic heterocycles. The molecule has 3 heteroatoms. The lowest BCUT2D eigenvalue weighted by molar-refractivity contribution is 0.0303. The molecule has 0 saturated carbocycles. The smallest absolute Gasteiger partial charge is 0.254 e. The van der Waals surface area contributed by atoms with Gasteiger partial charge in [0.1, 0.15) is 0 Å². The van der Waals surface area contributed by atoms with Gasteiger partial charge in [0, 0.05) is 31.4 Å². The lowest BCUT2D eigenvalue weighted by Gasteiger charge is -2.30. The summed E-state index contributed by atoms with van der Waals surface area (Å²) in [6.07, 6.45) is 1.94. The molecule has 84 valence electrons. The first-order valence-electron chi connectivity index (χ1n) is 5.83. The van der Waals surface area contributed by atoms with E-state index < -0.39 is 0 Å². The highest BCUT2D eigenvalue weighted by Gasteiger charge is 2.32. The van der Waals surface area contributed by atoms with Gasteiger partial charge in [-0.15, -0.1) is 0 Å². The fraction of sp³-hybridized carbons (Fsp3) is 0.462. The minimum atomic E-state index is 0.197. The van der Waals surface area contributed by atoms with Crippen LogP contribution in [-0.4, -0.2) is 30.1 Å². The Morgan fingerprint density at radius 2 is 1.94 bits per heavy atom. The molecule has 0 unspecified atom stereocenters. The third kappa shape index (κ3) is 1.52. The fourth-order valence-corrected chi connectivity index (χ4v) is 2.57. The molecule has 0 N–H and O–H groups in total. The monoisotopic (exact) mass is 217 g/mol. The molecule has 0 aliphatic carbocycles. The second-order valence-electron chi connectivity index (χ2n) is 4.43. The Morgan fingerprint density at radius 3 is 2.69 bits per heavy atom. The van der Waals surface area contributed by atoms with Crippen LogP contribution in [0.1, 0.15) is 28.8 Å². The number of nitrogens with zero attached hydrogens (tertiary/aromatic N) is 1. The fourth-order valence-electron chi connectivity index (χ4n) is 2.57. The highest BCUT2D eigenvalue weighted by atomic mass is 16.5. The first kappa shape index (κ1) is 9.85. The molecule has 3 nitrogen and oxygen atoms in total. The second-order valence-corrected chi connectivity index (χ2v) is 4.43. The van der Waals surface area contributed by atoms with Crippen molar-refractivity contribution in [1.82, 2.24) is 4.90 Å². The number of fused-ring (bicyclic) bond motifs is 1. The molecule has 1 fully saturated rings. The number of benzene rings is 1. The maximum Gasteiger partial charge on any atom is 0.254 e. The van der Waals surface area contributed by atoms with Gasteiger partial charge in [0.2, 0.25) is 0 Å². The van der Waals surface area contributed by atoms with E-state index in [0.29, 0.717) is 6.04 Å². The molecule has 2 heterocycles. The van der Waals surface area contributed by atoms with Crippen molar-refractivity contribution in [1.29, 1.82) is 0 Å². The van der Waals surface area contributed by atoms with E-state index in [9.17, 15) is 4.79 Å². The highest BCUT2D eigenvalue weighted by molar-refractivity contribution is 5.98. The predicted molar refractivity (Wildman–Crippen MR) is 60.2 cm³/mol. The number of hydrogen-bond acceptors (Lipinski definition) is 2. The van der Waals surface area contributed by atoms with Crippen LogP contribution < -0.4 is 0 Å². The molecule has 2 aliphatic heterocycles. The zero-order valence-corrected chi connectivity index (χ0v) is 9.19. The van der Waals surface area contributed by atoms with E-state index in [-0.39, 0.29) is 5.91 Å². The summed E-state index contributed by atoms with van der Waals surface area (Å²) in [5, 5.41) is 0. The van der Waals surface area contributed by atoms with Crippen molar-refractivity contribution in [2.75, 3.05) is 13.2 Å². The van der Waals surface area contributed by atoms with Crippen LogP contribution >= 0.6 is 0 Å². The highest BCUT2D eigenvalue weighted by Crippen LogP contribution is 2.27. The van der Waals surface area contributed by atoms with Crippen molar-refractivity contribution in [2.45, 2.75) is 25.4 Å². The molecule has 2 aliphatic rings. The zero-order chi connectivity index (χ0) is 11.0. The van der Waals surface area contributed by atoms with Crippen LogP contribution in [0.5, 0.6) is 0 Å². The van der Waals surface area contributed by atoms with Crippen LogP contribution in [0.25, 0.3) is 0 Å². The molecular formula is C13H15NO2. The van der Waals surface area contributed by atoms with E-state index in [1.807, 2.05) is 29.2 Å². The van der Waals surface area contributed by atoms with Gasteiger partial charge in [0.25, 0.3) is 5.91 Å². The van der Waals surface area contributed by atoms with Gasteiger partial charge in [-0.25, -0.2) is 0 Å². The van der Waals surface area contributed by atoms with Crippen molar-refractivity contribution in [3.63, 3.8) is 0 Å². The molecule has 1 amide bonds. The van der Waals surface area contributed by atoms with Crippen molar-refractivity contribution < 1.29 is 9.53 Å². The van der Waals surface area contributed by atoms with E-state index >= 15 is 0 Å². The Labute approximate surface area is 95.0 Å². The maximum atomic E-state index is 12.2. The summed E-state index contributed by atoms with van der Waals surface area (Å²) in [6, 6.07) is 8.28. The summed E-state index contributed by atoms with van der Waals surface area (Å²) in [6.45, 7) is 2.34. The van der Waals surface area contributed by atoms with Gasteiger partial charge in [0.05, 0.1) is 0 Å². The van der Waals surface area contributed by atoms with Gasteiger partial charge < -0.3 is 9.64 Å². The quantitative estimate of drug-likeness (QED) is 0.718. The van der Waals surface area contributed by atoms with E-state index in [4.69, 9.17) is 4.74 Å². The molecule has 0 spiro atoms. The van der Waals surface area contributed by atoms with Crippen molar-refractivity contribution in [3.05, 3.63) is 35.4 Å². The zero-order valence-electron chi connectivity index (χ0n) is 9.19. The van der Waals surface area contributed by atoms with Crippen LogP contribution in [0.4, 0.5) is 0 Å². The van der Waals surface area contributed by atoms with Crippen LogP contribution in [0.15, 0.2) is 24.3 Å². The summed E-state index contributed by atoms with van der Waals surface area (Å²) in [7, 11) is 0. The SMILES string of the molecule is O=C1c2ccccc2CN1C1CCOCC1. The van der Waals surface area contributed by atoms with Gasteiger partial charge in [-0.05, 0) is 24.5 Å². The lowest BCUT2D eigenvalue weighted by atomic mass is 10.1.